The summed E-state index contributed by atoms with van der Waals surface area (Å²) in [4.78, 5) is 14.0. The van der Waals surface area contributed by atoms with Crippen LogP contribution in [0.3, 0.4) is 0 Å². The first-order valence-electron chi connectivity index (χ1n) is 9.56. The number of hydrogen-bond acceptors (Lipinski definition) is 3. The van der Waals surface area contributed by atoms with Gasteiger partial charge in [0, 0.05) is 19.1 Å². The minimum atomic E-state index is -0.398. The molecule has 1 N–H and O–H groups in total. The molecule has 23 heavy (non-hydrogen) atoms. The summed E-state index contributed by atoms with van der Waals surface area (Å²) in [5.41, 5.74) is -0.398. The number of nitrogens with one attached hydrogen (secondary N) is 1. The monoisotopic (exact) mass is 324 g/mol. The van der Waals surface area contributed by atoms with Gasteiger partial charge in [0.1, 0.15) is 5.60 Å². The van der Waals surface area contributed by atoms with Crippen molar-refractivity contribution in [1.82, 2.24) is 10.2 Å². The molecule has 0 aromatic heterocycles. The Balaban J connectivity index is 1.69. The van der Waals surface area contributed by atoms with Gasteiger partial charge in [0.2, 0.25) is 0 Å². The molecule has 2 fully saturated rings. The topological polar surface area (TPSA) is 41.6 Å². The van der Waals surface area contributed by atoms with E-state index in [1.54, 1.807) is 0 Å². The standard InChI is InChI=1S/C19H36N2O2/c1-15-8-6-5-7-9-17(15)20-14-16-10-12-21(13-11-16)18(22)23-19(2,3)4/h15-17,20H,5-14H2,1-4H3. The Labute approximate surface area is 142 Å². The van der Waals surface area contributed by atoms with E-state index in [9.17, 15) is 4.79 Å². The molecule has 2 aliphatic rings. The zero-order valence-corrected chi connectivity index (χ0v) is 15.6. The first kappa shape index (κ1) is 18.6. The Morgan fingerprint density at radius 3 is 2.39 bits per heavy atom. The van der Waals surface area contributed by atoms with Crippen LogP contribution in [0.15, 0.2) is 0 Å². The van der Waals surface area contributed by atoms with Crippen LogP contribution in [0, 0.1) is 11.8 Å². The molecule has 0 spiro atoms. The lowest BCUT2D eigenvalue weighted by Gasteiger charge is -2.34. The van der Waals surface area contributed by atoms with Gasteiger partial charge in [0.25, 0.3) is 0 Å². The molecule has 1 saturated carbocycles. The van der Waals surface area contributed by atoms with Gasteiger partial charge in [-0.25, -0.2) is 4.79 Å². The van der Waals surface area contributed by atoms with Gasteiger partial charge in [-0.15, -0.1) is 0 Å². The molecule has 4 heteroatoms. The number of hydrogen-bond donors (Lipinski definition) is 1. The molecule has 1 aliphatic carbocycles. The third-order valence-electron chi connectivity index (χ3n) is 5.30. The van der Waals surface area contributed by atoms with Gasteiger partial charge in [-0.2, -0.15) is 0 Å². The van der Waals surface area contributed by atoms with E-state index in [1.807, 2.05) is 25.7 Å². The SMILES string of the molecule is CC1CCCCCC1NCC1CCN(C(=O)OC(C)(C)C)CC1. The van der Waals surface area contributed by atoms with Crippen molar-refractivity contribution in [3.8, 4) is 0 Å². The molecule has 0 radical (unpaired) electrons. The average molecular weight is 325 g/mol. The molecule has 1 heterocycles. The minimum absolute atomic E-state index is 0.152. The largest absolute Gasteiger partial charge is 0.444 e. The molecule has 0 aromatic rings. The van der Waals surface area contributed by atoms with E-state index in [2.05, 4.69) is 12.2 Å². The van der Waals surface area contributed by atoms with Gasteiger partial charge in [0.15, 0.2) is 0 Å². The highest BCUT2D eigenvalue weighted by molar-refractivity contribution is 5.68. The second-order valence-electron chi connectivity index (χ2n) is 8.54. The molecule has 0 aromatic carbocycles. The molecule has 2 unspecified atom stereocenters. The highest BCUT2D eigenvalue weighted by Crippen LogP contribution is 2.24. The lowest BCUT2D eigenvalue weighted by molar-refractivity contribution is 0.0182. The highest BCUT2D eigenvalue weighted by Gasteiger charge is 2.27. The first-order chi connectivity index (χ1) is 10.8. The van der Waals surface area contributed by atoms with E-state index >= 15 is 0 Å². The highest BCUT2D eigenvalue weighted by atomic mass is 16.6. The van der Waals surface area contributed by atoms with Crippen molar-refractivity contribution < 1.29 is 9.53 Å². The van der Waals surface area contributed by atoms with Crippen LogP contribution in [0.5, 0.6) is 0 Å². The summed E-state index contributed by atoms with van der Waals surface area (Å²) >= 11 is 0. The lowest BCUT2D eigenvalue weighted by atomic mass is 9.93. The van der Waals surface area contributed by atoms with Gasteiger partial charge in [-0.1, -0.05) is 26.2 Å². The zero-order valence-electron chi connectivity index (χ0n) is 15.6. The number of piperidine rings is 1. The third kappa shape index (κ3) is 6.33. The predicted octanol–water partition coefficient (Wildman–Crippen LogP) is 4.19. The van der Waals surface area contributed by atoms with Crippen LogP contribution >= 0.6 is 0 Å². The van der Waals surface area contributed by atoms with Crippen LogP contribution in [0.25, 0.3) is 0 Å². The molecule has 2 atom stereocenters. The molecule has 0 bridgehead atoms. The lowest BCUT2D eigenvalue weighted by Crippen LogP contribution is -2.44. The molecule has 134 valence electrons. The van der Waals surface area contributed by atoms with Gasteiger partial charge >= 0.3 is 6.09 Å². The van der Waals surface area contributed by atoms with Crippen molar-refractivity contribution in [2.24, 2.45) is 11.8 Å². The van der Waals surface area contributed by atoms with E-state index in [4.69, 9.17) is 4.74 Å². The van der Waals surface area contributed by atoms with Gasteiger partial charge in [-0.05, 0) is 64.8 Å². The summed E-state index contributed by atoms with van der Waals surface area (Å²) in [5.74, 6) is 1.50. The Bertz CT molecular complexity index is 370. The molecule has 1 saturated heterocycles. The summed E-state index contributed by atoms with van der Waals surface area (Å²) in [6.07, 6.45) is 8.90. The predicted molar refractivity (Wildman–Crippen MR) is 94.6 cm³/mol. The van der Waals surface area contributed by atoms with Crippen LogP contribution in [-0.2, 0) is 4.74 Å². The van der Waals surface area contributed by atoms with Crippen LogP contribution in [-0.4, -0.2) is 42.3 Å². The molecular formula is C19H36N2O2. The Kier molecular flexibility index (Phi) is 6.75. The summed E-state index contributed by atoms with van der Waals surface area (Å²) in [6, 6.07) is 0.696. The van der Waals surface area contributed by atoms with Crippen LogP contribution < -0.4 is 5.32 Å². The normalized spacial score (nSPS) is 27.6. The van der Waals surface area contributed by atoms with E-state index in [-0.39, 0.29) is 6.09 Å². The summed E-state index contributed by atoms with van der Waals surface area (Å²) in [7, 11) is 0. The van der Waals surface area contributed by atoms with Crippen LogP contribution in [0.4, 0.5) is 4.79 Å². The number of likely N-dealkylation sites (tertiary alicyclic amines) is 1. The Morgan fingerprint density at radius 1 is 1.09 bits per heavy atom. The maximum absolute atomic E-state index is 12.1. The molecular weight excluding hydrogens is 288 g/mol. The van der Waals surface area contributed by atoms with Gasteiger partial charge in [-0.3, -0.25) is 0 Å². The van der Waals surface area contributed by atoms with Crippen molar-refractivity contribution in [2.45, 2.75) is 84.3 Å². The molecule has 1 amide bonds. The fraction of sp³-hybridized carbons (Fsp3) is 0.947. The minimum Gasteiger partial charge on any atom is -0.444 e. The van der Waals surface area contributed by atoms with Crippen LogP contribution in [0.1, 0.15) is 72.6 Å². The molecule has 2 rings (SSSR count). The van der Waals surface area contributed by atoms with Crippen molar-refractivity contribution in [3.63, 3.8) is 0 Å². The number of amides is 1. The van der Waals surface area contributed by atoms with Crippen molar-refractivity contribution in [1.29, 1.82) is 0 Å². The average Bonchev–Trinajstić information content (AvgIpc) is 2.68. The van der Waals surface area contributed by atoms with Crippen molar-refractivity contribution in [2.75, 3.05) is 19.6 Å². The Hall–Kier alpha value is -0.770. The van der Waals surface area contributed by atoms with Gasteiger partial charge < -0.3 is 15.0 Å². The quantitative estimate of drug-likeness (QED) is 0.791. The van der Waals surface area contributed by atoms with Crippen molar-refractivity contribution >= 4 is 6.09 Å². The maximum atomic E-state index is 12.1. The van der Waals surface area contributed by atoms with Crippen LogP contribution in [0.2, 0.25) is 0 Å². The van der Waals surface area contributed by atoms with Crippen molar-refractivity contribution in [3.05, 3.63) is 0 Å². The number of carbonyl (C=O) groups is 1. The summed E-state index contributed by atoms with van der Waals surface area (Å²) in [6.45, 7) is 11.0. The maximum Gasteiger partial charge on any atom is 0.410 e. The van der Waals surface area contributed by atoms with Gasteiger partial charge in [0.05, 0.1) is 0 Å². The number of ether oxygens (including phenoxy) is 1. The summed E-state index contributed by atoms with van der Waals surface area (Å²) < 4.78 is 5.47. The number of rotatable bonds is 3. The van der Waals surface area contributed by atoms with E-state index in [1.165, 1.54) is 32.1 Å². The first-order valence-corrected chi connectivity index (χ1v) is 9.56. The second-order valence-corrected chi connectivity index (χ2v) is 8.54. The third-order valence-corrected chi connectivity index (χ3v) is 5.30. The zero-order chi connectivity index (χ0) is 16.9. The fourth-order valence-electron chi connectivity index (χ4n) is 3.76. The van der Waals surface area contributed by atoms with E-state index < -0.39 is 5.60 Å². The molecule has 4 nitrogen and oxygen atoms in total. The molecule has 1 aliphatic heterocycles. The van der Waals surface area contributed by atoms with E-state index in [0.717, 1.165) is 38.4 Å². The fourth-order valence-corrected chi connectivity index (χ4v) is 3.76. The van der Waals surface area contributed by atoms with E-state index in [0.29, 0.717) is 12.0 Å². The smallest absolute Gasteiger partial charge is 0.410 e. The number of carbonyl (C=O) groups excluding carboxylic acids is 1. The number of nitrogens with zero attached hydrogens (tertiary/aromatic N) is 1. The second kappa shape index (κ2) is 8.36. The summed E-state index contributed by atoms with van der Waals surface area (Å²) in [5, 5.41) is 3.83. The Morgan fingerprint density at radius 2 is 1.74 bits per heavy atom.